The highest BCUT2D eigenvalue weighted by molar-refractivity contribution is 5.93. The SMILES string of the molecule is CC(C(=O)Nc1cccc(F)c1C#N)C1CC1. The number of carbonyl (C=O) groups is 1. The van der Waals surface area contributed by atoms with Crippen molar-refractivity contribution in [2.75, 3.05) is 5.32 Å². The number of benzene rings is 1. The summed E-state index contributed by atoms with van der Waals surface area (Å²) in [6.45, 7) is 1.86. The topological polar surface area (TPSA) is 52.9 Å². The van der Waals surface area contributed by atoms with Crippen LogP contribution in [0, 0.1) is 29.0 Å². The van der Waals surface area contributed by atoms with Crippen molar-refractivity contribution in [3.63, 3.8) is 0 Å². The number of halogens is 1. The molecule has 1 aromatic carbocycles. The number of hydrogen-bond donors (Lipinski definition) is 1. The van der Waals surface area contributed by atoms with Crippen LogP contribution in [-0.2, 0) is 4.79 Å². The number of hydrogen-bond acceptors (Lipinski definition) is 2. The van der Waals surface area contributed by atoms with Crippen molar-refractivity contribution in [3.8, 4) is 6.07 Å². The average molecular weight is 232 g/mol. The number of rotatable bonds is 3. The molecule has 1 unspecified atom stereocenters. The molecule has 1 aliphatic rings. The number of carbonyl (C=O) groups excluding carboxylic acids is 1. The highest BCUT2D eigenvalue weighted by Crippen LogP contribution is 2.37. The molecule has 0 saturated heterocycles. The molecule has 4 heteroatoms. The maximum absolute atomic E-state index is 13.3. The molecule has 1 N–H and O–H groups in total. The molecule has 0 bridgehead atoms. The summed E-state index contributed by atoms with van der Waals surface area (Å²) in [6, 6.07) is 5.99. The molecule has 1 aromatic rings. The standard InChI is InChI=1S/C13H13FN2O/c1-8(9-5-6-9)13(17)16-12-4-2-3-11(14)10(12)7-15/h2-4,8-9H,5-6H2,1H3,(H,16,17). The molecule has 1 aliphatic carbocycles. The van der Waals surface area contributed by atoms with Gasteiger partial charge in [0.15, 0.2) is 0 Å². The summed E-state index contributed by atoms with van der Waals surface area (Å²) in [7, 11) is 0. The van der Waals surface area contributed by atoms with Crippen molar-refractivity contribution in [3.05, 3.63) is 29.6 Å². The summed E-state index contributed by atoms with van der Waals surface area (Å²) in [4.78, 5) is 11.8. The van der Waals surface area contributed by atoms with Gasteiger partial charge in [0, 0.05) is 5.92 Å². The molecule has 1 atom stereocenters. The highest BCUT2D eigenvalue weighted by atomic mass is 19.1. The molecule has 0 spiro atoms. The molecule has 0 radical (unpaired) electrons. The zero-order valence-corrected chi connectivity index (χ0v) is 9.53. The molecule has 2 rings (SSSR count). The Morgan fingerprint density at radius 2 is 2.29 bits per heavy atom. The van der Waals surface area contributed by atoms with Crippen LogP contribution in [0.5, 0.6) is 0 Å². The third-order valence-corrected chi connectivity index (χ3v) is 3.13. The predicted molar refractivity (Wildman–Crippen MR) is 61.6 cm³/mol. The minimum Gasteiger partial charge on any atom is -0.325 e. The van der Waals surface area contributed by atoms with Crippen molar-refractivity contribution < 1.29 is 9.18 Å². The Morgan fingerprint density at radius 1 is 1.59 bits per heavy atom. The van der Waals surface area contributed by atoms with E-state index in [9.17, 15) is 9.18 Å². The van der Waals surface area contributed by atoms with Crippen LogP contribution in [0.1, 0.15) is 25.3 Å². The molecular formula is C13H13FN2O. The van der Waals surface area contributed by atoms with Crippen LogP contribution < -0.4 is 5.32 Å². The van der Waals surface area contributed by atoms with Gasteiger partial charge in [-0.1, -0.05) is 13.0 Å². The Labute approximate surface area is 99.2 Å². The fourth-order valence-electron chi connectivity index (χ4n) is 1.80. The van der Waals surface area contributed by atoms with E-state index in [2.05, 4.69) is 5.32 Å². The lowest BCUT2D eigenvalue weighted by molar-refractivity contribution is -0.119. The quantitative estimate of drug-likeness (QED) is 0.871. The molecule has 1 saturated carbocycles. The summed E-state index contributed by atoms with van der Waals surface area (Å²) in [6.07, 6.45) is 2.14. The van der Waals surface area contributed by atoms with E-state index in [1.165, 1.54) is 12.1 Å². The van der Waals surface area contributed by atoms with Gasteiger partial charge < -0.3 is 5.32 Å². The van der Waals surface area contributed by atoms with E-state index in [1.54, 1.807) is 12.1 Å². The molecule has 1 amide bonds. The second-order valence-corrected chi connectivity index (χ2v) is 4.39. The summed E-state index contributed by atoms with van der Waals surface area (Å²) in [5.74, 6) is -0.391. The van der Waals surface area contributed by atoms with Crippen LogP contribution >= 0.6 is 0 Å². The summed E-state index contributed by atoms with van der Waals surface area (Å²) < 4.78 is 13.3. The lowest BCUT2D eigenvalue weighted by atomic mass is 10.1. The Morgan fingerprint density at radius 3 is 2.88 bits per heavy atom. The Kier molecular flexibility index (Phi) is 3.10. The number of nitrogens with zero attached hydrogens (tertiary/aromatic N) is 1. The normalized spacial score (nSPS) is 16.1. The first kappa shape index (κ1) is 11.6. The van der Waals surface area contributed by atoms with Crippen LogP contribution in [-0.4, -0.2) is 5.91 Å². The van der Waals surface area contributed by atoms with Gasteiger partial charge in [0.25, 0.3) is 0 Å². The number of anilines is 1. The van der Waals surface area contributed by atoms with Gasteiger partial charge in [-0.15, -0.1) is 0 Å². The lowest BCUT2D eigenvalue weighted by Gasteiger charge is -2.12. The number of amides is 1. The summed E-state index contributed by atoms with van der Waals surface area (Å²) in [5, 5.41) is 11.5. The smallest absolute Gasteiger partial charge is 0.227 e. The van der Waals surface area contributed by atoms with E-state index in [0.29, 0.717) is 5.92 Å². The fourth-order valence-corrected chi connectivity index (χ4v) is 1.80. The van der Waals surface area contributed by atoms with E-state index in [1.807, 2.05) is 6.92 Å². The third kappa shape index (κ3) is 2.44. The molecule has 0 aliphatic heterocycles. The lowest BCUT2D eigenvalue weighted by Crippen LogP contribution is -2.22. The molecule has 17 heavy (non-hydrogen) atoms. The largest absolute Gasteiger partial charge is 0.325 e. The van der Waals surface area contributed by atoms with E-state index in [4.69, 9.17) is 5.26 Å². The zero-order chi connectivity index (χ0) is 12.4. The summed E-state index contributed by atoms with van der Waals surface area (Å²) in [5.41, 5.74) is 0.147. The Balaban J connectivity index is 2.15. The van der Waals surface area contributed by atoms with Gasteiger partial charge in [-0.2, -0.15) is 5.26 Å². The maximum Gasteiger partial charge on any atom is 0.227 e. The van der Waals surface area contributed by atoms with Crippen LogP contribution in [0.25, 0.3) is 0 Å². The second kappa shape index (κ2) is 4.54. The van der Waals surface area contributed by atoms with Crippen LogP contribution in [0.4, 0.5) is 10.1 Å². The van der Waals surface area contributed by atoms with Crippen molar-refractivity contribution in [2.45, 2.75) is 19.8 Å². The van der Waals surface area contributed by atoms with E-state index < -0.39 is 5.82 Å². The minimum absolute atomic E-state index is 0.0789. The number of nitriles is 1. The highest BCUT2D eigenvalue weighted by Gasteiger charge is 2.32. The van der Waals surface area contributed by atoms with Gasteiger partial charge in [0.05, 0.1) is 5.69 Å². The Hall–Kier alpha value is -1.89. The van der Waals surface area contributed by atoms with E-state index >= 15 is 0 Å². The van der Waals surface area contributed by atoms with Crippen LogP contribution in [0.3, 0.4) is 0 Å². The molecule has 0 aromatic heterocycles. The van der Waals surface area contributed by atoms with Crippen LogP contribution in [0.2, 0.25) is 0 Å². The van der Waals surface area contributed by atoms with Gasteiger partial charge in [0.1, 0.15) is 17.4 Å². The van der Waals surface area contributed by atoms with Crippen LogP contribution in [0.15, 0.2) is 18.2 Å². The molecule has 1 fully saturated rings. The molecule has 0 heterocycles. The maximum atomic E-state index is 13.3. The number of nitrogens with one attached hydrogen (secondary N) is 1. The second-order valence-electron chi connectivity index (χ2n) is 4.39. The monoisotopic (exact) mass is 232 g/mol. The van der Waals surface area contributed by atoms with Crippen molar-refractivity contribution in [1.82, 2.24) is 0 Å². The first-order chi connectivity index (χ1) is 8.13. The first-order valence-electron chi connectivity index (χ1n) is 5.63. The van der Waals surface area contributed by atoms with Crippen molar-refractivity contribution in [1.29, 1.82) is 5.26 Å². The first-order valence-corrected chi connectivity index (χ1v) is 5.63. The van der Waals surface area contributed by atoms with Gasteiger partial charge >= 0.3 is 0 Å². The van der Waals surface area contributed by atoms with E-state index in [0.717, 1.165) is 12.8 Å². The zero-order valence-electron chi connectivity index (χ0n) is 9.53. The van der Waals surface area contributed by atoms with Gasteiger partial charge in [-0.3, -0.25) is 4.79 Å². The third-order valence-electron chi connectivity index (χ3n) is 3.13. The van der Waals surface area contributed by atoms with Gasteiger partial charge in [-0.25, -0.2) is 4.39 Å². The van der Waals surface area contributed by atoms with Crippen molar-refractivity contribution >= 4 is 11.6 Å². The molecular weight excluding hydrogens is 219 g/mol. The average Bonchev–Trinajstić information content (AvgIpc) is 3.12. The molecule has 88 valence electrons. The van der Waals surface area contributed by atoms with Gasteiger partial charge in [-0.05, 0) is 30.9 Å². The van der Waals surface area contributed by atoms with Gasteiger partial charge in [0.2, 0.25) is 5.91 Å². The van der Waals surface area contributed by atoms with E-state index in [-0.39, 0.29) is 23.1 Å². The fraction of sp³-hybridized carbons (Fsp3) is 0.385. The molecule has 3 nitrogen and oxygen atoms in total. The Bertz CT molecular complexity index is 489. The summed E-state index contributed by atoms with van der Waals surface area (Å²) >= 11 is 0. The van der Waals surface area contributed by atoms with Crippen molar-refractivity contribution in [2.24, 2.45) is 11.8 Å². The minimum atomic E-state index is -0.607. The predicted octanol–water partition coefficient (Wildman–Crippen LogP) is 2.68.